The third kappa shape index (κ3) is 3.96. The predicted octanol–water partition coefficient (Wildman–Crippen LogP) is 2.70. The Bertz CT molecular complexity index is 420. The zero-order valence-electron chi connectivity index (χ0n) is 10.3. The molecule has 0 fully saturated rings. The number of halogens is 3. The summed E-state index contributed by atoms with van der Waals surface area (Å²) in [5.41, 5.74) is 4.51. The molecule has 19 heavy (non-hydrogen) atoms. The number of carboxylic acids is 1. The van der Waals surface area contributed by atoms with E-state index in [0.29, 0.717) is 5.56 Å². The van der Waals surface area contributed by atoms with E-state index in [9.17, 15) is 23.1 Å². The summed E-state index contributed by atoms with van der Waals surface area (Å²) in [7, 11) is 0. The van der Waals surface area contributed by atoms with Gasteiger partial charge in [-0.15, -0.1) is 0 Å². The zero-order chi connectivity index (χ0) is 14.5. The van der Waals surface area contributed by atoms with Gasteiger partial charge in [0, 0.05) is 13.0 Å². The van der Waals surface area contributed by atoms with E-state index in [1.165, 1.54) is 0 Å². The highest BCUT2D eigenvalue weighted by molar-refractivity contribution is 5.81. The van der Waals surface area contributed by atoms with Crippen molar-refractivity contribution in [1.82, 2.24) is 0 Å². The minimum Gasteiger partial charge on any atom is -0.481 e. The monoisotopic (exact) mass is 275 g/mol. The average Bonchev–Trinajstić information content (AvgIpc) is 2.34. The summed E-state index contributed by atoms with van der Waals surface area (Å²) in [6.45, 7) is -0.232. The predicted molar refractivity (Wildman–Crippen MR) is 64.7 cm³/mol. The fraction of sp³-hybridized carbons (Fsp3) is 0.462. The van der Waals surface area contributed by atoms with Crippen LogP contribution in [0, 0.1) is 0 Å². The highest BCUT2D eigenvalue weighted by Gasteiger charge is 2.39. The first-order valence-electron chi connectivity index (χ1n) is 5.87. The maximum atomic E-state index is 12.2. The molecule has 0 spiro atoms. The summed E-state index contributed by atoms with van der Waals surface area (Å²) in [4.78, 5) is 11.4. The molecule has 0 amide bonds. The first-order valence-corrected chi connectivity index (χ1v) is 5.87. The minimum absolute atomic E-state index is 0.137. The second-order valence-corrected chi connectivity index (χ2v) is 4.43. The normalized spacial score (nSPS) is 14.9. The maximum Gasteiger partial charge on any atom is 0.389 e. The van der Waals surface area contributed by atoms with E-state index in [1.54, 1.807) is 30.3 Å². The fourth-order valence-electron chi connectivity index (χ4n) is 2.03. The van der Waals surface area contributed by atoms with Gasteiger partial charge in [0.2, 0.25) is 0 Å². The number of hydrogen-bond donors (Lipinski definition) is 2. The lowest BCUT2D eigenvalue weighted by atomic mass is 9.76. The Morgan fingerprint density at radius 1 is 1.16 bits per heavy atom. The van der Waals surface area contributed by atoms with E-state index >= 15 is 0 Å². The molecule has 1 atom stereocenters. The second-order valence-electron chi connectivity index (χ2n) is 4.43. The van der Waals surface area contributed by atoms with Crippen molar-refractivity contribution in [1.29, 1.82) is 0 Å². The SMILES string of the molecule is NCC(CCCC(F)(F)F)(C(=O)O)c1ccccc1. The van der Waals surface area contributed by atoms with Crippen molar-refractivity contribution >= 4 is 5.97 Å². The maximum absolute atomic E-state index is 12.2. The fourth-order valence-corrected chi connectivity index (χ4v) is 2.03. The molecular formula is C13H16F3NO2. The van der Waals surface area contributed by atoms with Crippen LogP contribution in [-0.4, -0.2) is 23.8 Å². The lowest BCUT2D eigenvalue weighted by Crippen LogP contribution is -2.43. The summed E-state index contributed by atoms with van der Waals surface area (Å²) < 4.78 is 36.5. The Morgan fingerprint density at radius 3 is 2.16 bits per heavy atom. The van der Waals surface area contributed by atoms with Crippen molar-refractivity contribution in [2.75, 3.05) is 6.54 Å². The molecule has 106 valence electrons. The molecule has 0 saturated carbocycles. The number of carboxylic acid groups (broad SMARTS) is 1. The number of nitrogens with two attached hydrogens (primary N) is 1. The summed E-state index contributed by atoms with van der Waals surface area (Å²) in [6.07, 6.45) is -5.69. The highest BCUT2D eigenvalue weighted by Crippen LogP contribution is 2.32. The Labute approximate surface area is 109 Å². The molecule has 0 aliphatic rings. The van der Waals surface area contributed by atoms with E-state index in [-0.39, 0.29) is 19.4 Å². The Balaban J connectivity index is 2.92. The average molecular weight is 275 g/mol. The Hall–Kier alpha value is -1.56. The van der Waals surface area contributed by atoms with Gasteiger partial charge in [-0.25, -0.2) is 0 Å². The zero-order valence-corrected chi connectivity index (χ0v) is 10.3. The molecule has 0 aliphatic carbocycles. The van der Waals surface area contributed by atoms with Gasteiger partial charge in [-0.1, -0.05) is 30.3 Å². The van der Waals surface area contributed by atoms with Crippen LogP contribution >= 0.6 is 0 Å². The molecule has 0 saturated heterocycles. The molecule has 3 N–H and O–H groups in total. The molecule has 0 radical (unpaired) electrons. The standard InChI is InChI=1S/C13H16F3NO2/c14-13(15,16)8-4-7-12(9-17,11(18)19)10-5-2-1-3-6-10/h1-3,5-6H,4,7-9,17H2,(H,18,19). The lowest BCUT2D eigenvalue weighted by Gasteiger charge is -2.28. The number of benzene rings is 1. The van der Waals surface area contributed by atoms with Crippen LogP contribution in [0.2, 0.25) is 0 Å². The van der Waals surface area contributed by atoms with E-state index < -0.39 is 24.0 Å². The smallest absolute Gasteiger partial charge is 0.389 e. The van der Waals surface area contributed by atoms with Crippen LogP contribution < -0.4 is 5.73 Å². The van der Waals surface area contributed by atoms with E-state index in [1.807, 2.05) is 0 Å². The van der Waals surface area contributed by atoms with Crippen LogP contribution in [0.1, 0.15) is 24.8 Å². The third-order valence-electron chi connectivity index (χ3n) is 3.15. The molecular weight excluding hydrogens is 259 g/mol. The number of hydrogen-bond acceptors (Lipinski definition) is 2. The van der Waals surface area contributed by atoms with Gasteiger partial charge in [0.25, 0.3) is 0 Å². The van der Waals surface area contributed by atoms with Crippen molar-refractivity contribution in [3.05, 3.63) is 35.9 Å². The summed E-state index contributed by atoms with van der Waals surface area (Å²) in [6, 6.07) is 8.16. The van der Waals surface area contributed by atoms with Crippen LogP contribution in [0.25, 0.3) is 0 Å². The van der Waals surface area contributed by atoms with Crippen molar-refractivity contribution in [2.45, 2.75) is 30.9 Å². The Morgan fingerprint density at radius 2 is 1.74 bits per heavy atom. The molecule has 0 aromatic heterocycles. The number of aliphatic carboxylic acids is 1. The molecule has 1 aromatic rings. The van der Waals surface area contributed by atoms with Crippen molar-refractivity contribution in [3.8, 4) is 0 Å². The lowest BCUT2D eigenvalue weighted by molar-refractivity contribution is -0.147. The van der Waals surface area contributed by atoms with Gasteiger partial charge in [0.1, 0.15) is 5.41 Å². The first kappa shape index (κ1) is 15.5. The summed E-state index contributed by atoms with van der Waals surface area (Å²) in [5.74, 6) is -1.19. The number of alkyl halides is 3. The molecule has 1 unspecified atom stereocenters. The summed E-state index contributed by atoms with van der Waals surface area (Å²) in [5, 5.41) is 9.35. The second kappa shape index (κ2) is 6.06. The molecule has 0 bridgehead atoms. The van der Waals surface area contributed by atoms with Gasteiger partial charge >= 0.3 is 12.1 Å². The molecule has 6 heteroatoms. The molecule has 1 rings (SSSR count). The quantitative estimate of drug-likeness (QED) is 0.839. The molecule has 0 aliphatic heterocycles. The van der Waals surface area contributed by atoms with Gasteiger partial charge in [-0.05, 0) is 18.4 Å². The summed E-state index contributed by atoms with van der Waals surface area (Å²) >= 11 is 0. The molecule has 3 nitrogen and oxygen atoms in total. The van der Waals surface area contributed by atoms with Gasteiger partial charge in [0.15, 0.2) is 0 Å². The van der Waals surface area contributed by atoms with Gasteiger partial charge in [-0.3, -0.25) is 4.79 Å². The van der Waals surface area contributed by atoms with Gasteiger partial charge in [0.05, 0.1) is 0 Å². The van der Waals surface area contributed by atoms with Crippen LogP contribution in [0.4, 0.5) is 13.2 Å². The van der Waals surface area contributed by atoms with Crippen molar-refractivity contribution in [3.63, 3.8) is 0 Å². The topological polar surface area (TPSA) is 63.3 Å². The van der Waals surface area contributed by atoms with Crippen molar-refractivity contribution in [2.24, 2.45) is 5.73 Å². The Kier molecular flexibility index (Phi) is 4.94. The van der Waals surface area contributed by atoms with Gasteiger partial charge < -0.3 is 10.8 Å². The van der Waals surface area contributed by atoms with Crippen molar-refractivity contribution < 1.29 is 23.1 Å². The van der Waals surface area contributed by atoms with E-state index in [0.717, 1.165) is 0 Å². The third-order valence-corrected chi connectivity index (χ3v) is 3.15. The highest BCUT2D eigenvalue weighted by atomic mass is 19.4. The van der Waals surface area contributed by atoms with Crippen LogP contribution in [0.15, 0.2) is 30.3 Å². The van der Waals surface area contributed by atoms with Crippen LogP contribution in [0.3, 0.4) is 0 Å². The van der Waals surface area contributed by atoms with Crippen LogP contribution in [-0.2, 0) is 10.2 Å². The minimum atomic E-state index is -4.28. The van der Waals surface area contributed by atoms with Gasteiger partial charge in [-0.2, -0.15) is 13.2 Å². The first-order chi connectivity index (χ1) is 8.82. The molecule has 0 heterocycles. The van der Waals surface area contributed by atoms with E-state index in [2.05, 4.69) is 0 Å². The number of rotatable bonds is 6. The number of carbonyl (C=O) groups is 1. The molecule has 1 aromatic carbocycles. The van der Waals surface area contributed by atoms with E-state index in [4.69, 9.17) is 5.73 Å². The van der Waals surface area contributed by atoms with Crippen LogP contribution in [0.5, 0.6) is 0 Å². The largest absolute Gasteiger partial charge is 0.481 e.